The number of anilines is 2. The number of carbonyl (C=O) groups excluding carboxylic acids is 1. The summed E-state index contributed by atoms with van der Waals surface area (Å²) < 4.78 is 0. The van der Waals surface area contributed by atoms with E-state index in [-0.39, 0.29) is 17.4 Å². The van der Waals surface area contributed by atoms with Gasteiger partial charge in [-0.15, -0.1) is 0 Å². The molecule has 21 heavy (non-hydrogen) atoms. The van der Waals surface area contributed by atoms with Gasteiger partial charge in [-0.25, -0.2) is 9.97 Å². The normalized spacial score (nSPS) is 12.7. The van der Waals surface area contributed by atoms with Crippen LogP contribution in [0.25, 0.3) is 0 Å². The number of amides is 1. The van der Waals surface area contributed by atoms with Gasteiger partial charge in [0.15, 0.2) is 0 Å². The highest BCUT2D eigenvalue weighted by Crippen LogP contribution is 2.22. The molecular formula is C15H27N5O. The molecule has 0 saturated heterocycles. The van der Waals surface area contributed by atoms with E-state index in [0.717, 1.165) is 24.6 Å². The van der Waals surface area contributed by atoms with E-state index in [0.29, 0.717) is 5.82 Å². The minimum atomic E-state index is -0.350. The van der Waals surface area contributed by atoms with Crippen molar-refractivity contribution in [1.82, 2.24) is 15.3 Å². The molecular weight excluding hydrogens is 266 g/mol. The molecule has 1 rings (SSSR count). The summed E-state index contributed by atoms with van der Waals surface area (Å²) in [6, 6.07) is 1.49. The Labute approximate surface area is 127 Å². The second-order valence-corrected chi connectivity index (χ2v) is 6.12. The number of carbonyl (C=O) groups is 1. The van der Waals surface area contributed by atoms with Crippen LogP contribution < -0.4 is 16.0 Å². The smallest absolute Gasteiger partial charge is 0.241 e. The Morgan fingerprint density at radius 3 is 2.43 bits per heavy atom. The maximum absolute atomic E-state index is 11.6. The molecule has 0 aromatic carbocycles. The van der Waals surface area contributed by atoms with Crippen molar-refractivity contribution in [2.45, 2.75) is 52.5 Å². The molecule has 0 bridgehead atoms. The summed E-state index contributed by atoms with van der Waals surface area (Å²) in [5, 5.41) is 9.01. The first-order valence-corrected chi connectivity index (χ1v) is 7.39. The molecule has 1 aromatic rings. The van der Waals surface area contributed by atoms with Crippen LogP contribution in [0.15, 0.2) is 6.07 Å². The number of likely N-dealkylation sites (N-methyl/N-ethyl adjacent to an activating group) is 1. The zero-order chi connectivity index (χ0) is 16.0. The van der Waals surface area contributed by atoms with Crippen LogP contribution in [-0.4, -0.2) is 35.5 Å². The molecule has 0 radical (unpaired) electrons. The van der Waals surface area contributed by atoms with Gasteiger partial charge in [0.05, 0.1) is 0 Å². The molecule has 0 spiro atoms. The molecule has 1 heterocycles. The van der Waals surface area contributed by atoms with Crippen LogP contribution in [0.4, 0.5) is 11.6 Å². The number of nitrogens with zero attached hydrogens (tertiary/aromatic N) is 2. The van der Waals surface area contributed by atoms with Gasteiger partial charge in [0, 0.05) is 25.1 Å². The number of aromatic nitrogens is 2. The summed E-state index contributed by atoms with van der Waals surface area (Å²) in [5.41, 5.74) is -0.156. The second-order valence-electron chi connectivity index (χ2n) is 6.12. The Morgan fingerprint density at radius 1 is 1.29 bits per heavy atom. The quantitative estimate of drug-likeness (QED) is 0.749. The summed E-state index contributed by atoms with van der Waals surface area (Å²) in [6.45, 7) is 11.0. The van der Waals surface area contributed by atoms with E-state index in [1.807, 2.05) is 6.07 Å². The average Bonchev–Trinajstić information content (AvgIpc) is 2.42. The zero-order valence-electron chi connectivity index (χ0n) is 13.9. The Balaban J connectivity index is 3.04. The molecule has 0 saturated carbocycles. The molecule has 1 unspecified atom stereocenters. The molecule has 0 aliphatic rings. The van der Waals surface area contributed by atoms with Gasteiger partial charge in [0.1, 0.15) is 23.5 Å². The summed E-state index contributed by atoms with van der Waals surface area (Å²) >= 11 is 0. The number of nitrogens with one attached hydrogen (secondary N) is 3. The molecule has 1 amide bonds. The zero-order valence-corrected chi connectivity index (χ0v) is 13.9. The third kappa shape index (κ3) is 5.21. The highest BCUT2D eigenvalue weighted by atomic mass is 16.2. The Hall–Kier alpha value is -1.85. The first-order valence-electron chi connectivity index (χ1n) is 7.39. The molecule has 0 aliphatic heterocycles. The van der Waals surface area contributed by atoms with Crippen molar-refractivity contribution in [3.05, 3.63) is 11.9 Å². The number of rotatable bonds is 6. The van der Waals surface area contributed by atoms with Crippen LogP contribution >= 0.6 is 0 Å². The predicted molar refractivity (Wildman–Crippen MR) is 86.7 cm³/mol. The first-order chi connectivity index (χ1) is 9.77. The Morgan fingerprint density at radius 2 is 1.90 bits per heavy atom. The van der Waals surface area contributed by atoms with Gasteiger partial charge >= 0.3 is 0 Å². The Bertz CT molecular complexity index is 481. The summed E-state index contributed by atoms with van der Waals surface area (Å²) in [4.78, 5) is 20.7. The minimum Gasteiger partial charge on any atom is -0.370 e. The maximum atomic E-state index is 11.6. The average molecular weight is 293 g/mol. The van der Waals surface area contributed by atoms with Crippen molar-refractivity contribution >= 4 is 17.5 Å². The van der Waals surface area contributed by atoms with Crippen LogP contribution in [0.5, 0.6) is 0 Å². The predicted octanol–water partition coefficient (Wildman–Crippen LogP) is 2.14. The van der Waals surface area contributed by atoms with Crippen LogP contribution in [0.3, 0.4) is 0 Å². The highest BCUT2D eigenvalue weighted by molar-refractivity contribution is 5.83. The van der Waals surface area contributed by atoms with Gasteiger partial charge in [0.2, 0.25) is 5.91 Å². The molecule has 1 aromatic heterocycles. The summed E-state index contributed by atoms with van der Waals surface area (Å²) in [7, 11) is 1.62. The lowest BCUT2D eigenvalue weighted by Gasteiger charge is -2.20. The monoisotopic (exact) mass is 293 g/mol. The van der Waals surface area contributed by atoms with Crippen molar-refractivity contribution in [3.63, 3.8) is 0 Å². The van der Waals surface area contributed by atoms with E-state index in [1.165, 1.54) is 0 Å². The lowest BCUT2D eigenvalue weighted by atomic mass is 9.96. The molecule has 1 atom stereocenters. The molecule has 3 N–H and O–H groups in total. The van der Waals surface area contributed by atoms with Gasteiger partial charge in [0.25, 0.3) is 0 Å². The van der Waals surface area contributed by atoms with E-state index in [9.17, 15) is 4.79 Å². The third-order valence-corrected chi connectivity index (χ3v) is 2.96. The first kappa shape index (κ1) is 17.2. The molecule has 6 heteroatoms. The van der Waals surface area contributed by atoms with Crippen LogP contribution in [0, 0.1) is 0 Å². The van der Waals surface area contributed by atoms with E-state index in [2.05, 4.69) is 53.6 Å². The van der Waals surface area contributed by atoms with Crippen molar-refractivity contribution in [1.29, 1.82) is 0 Å². The van der Waals surface area contributed by atoms with Gasteiger partial charge in [-0.05, 0) is 13.3 Å². The standard InChI is InChI=1S/C15H27N5O/c1-7-8-17-11-9-12(18-10(2)13(21)16-6)20-14(19-11)15(3,4)5/h9-10H,7-8H2,1-6H3,(H,16,21)(H2,17,18,19,20). The van der Waals surface area contributed by atoms with Crippen LogP contribution in [-0.2, 0) is 10.2 Å². The van der Waals surface area contributed by atoms with E-state index >= 15 is 0 Å². The highest BCUT2D eigenvalue weighted by Gasteiger charge is 2.20. The van der Waals surface area contributed by atoms with Crippen molar-refractivity contribution < 1.29 is 4.79 Å². The second kappa shape index (κ2) is 7.24. The van der Waals surface area contributed by atoms with Crippen molar-refractivity contribution in [2.24, 2.45) is 0 Å². The van der Waals surface area contributed by atoms with Gasteiger partial charge in [-0.2, -0.15) is 0 Å². The van der Waals surface area contributed by atoms with Crippen molar-refractivity contribution in [2.75, 3.05) is 24.2 Å². The Kier molecular flexibility index (Phi) is 5.93. The third-order valence-electron chi connectivity index (χ3n) is 2.96. The fourth-order valence-corrected chi connectivity index (χ4v) is 1.70. The van der Waals surface area contributed by atoms with Gasteiger partial charge in [-0.1, -0.05) is 27.7 Å². The minimum absolute atomic E-state index is 0.0750. The number of hydrogen-bond donors (Lipinski definition) is 3. The lowest BCUT2D eigenvalue weighted by molar-refractivity contribution is -0.121. The van der Waals surface area contributed by atoms with E-state index in [1.54, 1.807) is 14.0 Å². The van der Waals surface area contributed by atoms with E-state index < -0.39 is 0 Å². The fraction of sp³-hybridized carbons (Fsp3) is 0.667. The van der Waals surface area contributed by atoms with E-state index in [4.69, 9.17) is 0 Å². The maximum Gasteiger partial charge on any atom is 0.241 e. The van der Waals surface area contributed by atoms with Gasteiger partial charge in [-0.3, -0.25) is 4.79 Å². The fourth-order valence-electron chi connectivity index (χ4n) is 1.70. The SMILES string of the molecule is CCCNc1cc(NC(C)C(=O)NC)nc(C(C)(C)C)n1. The summed E-state index contributed by atoms with van der Waals surface area (Å²) in [6.07, 6.45) is 1.02. The molecule has 0 fully saturated rings. The van der Waals surface area contributed by atoms with Crippen LogP contribution in [0.2, 0.25) is 0 Å². The van der Waals surface area contributed by atoms with Crippen molar-refractivity contribution in [3.8, 4) is 0 Å². The molecule has 6 nitrogen and oxygen atoms in total. The molecule has 118 valence electrons. The van der Waals surface area contributed by atoms with Gasteiger partial charge < -0.3 is 16.0 Å². The lowest BCUT2D eigenvalue weighted by Crippen LogP contribution is -2.35. The summed E-state index contributed by atoms with van der Waals surface area (Å²) in [5.74, 6) is 2.11. The van der Waals surface area contributed by atoms with Crippen LogP contribution in [0.1, 0.15) is 46.9 Å². The molecule has 0 aliphatic carbocycles. The largest absolute Gasteiger partial charge is 0.370 e. The topological polar surface area (TPSA) is 78.9 Å². The number of hydrogen-bond acceptors (Lipinski definition) is 5.